The number of rotatable bonds is 10. The maximum Gasteiger partial charge on any atom is 4.00 e. The second-order valence-electron chi connectivity index (χ2n) is 10.7. The summed E-state index contributed by atoms with van der Waals surface area (Å²) in [6.45, 7) is 0. The van der Waals surface area contributed by atoms with E-state index in [1.807, 2.05) is 60.7 Å². The van der Waals surface area contributed by atoms with Crippen molar-refractivity contribution in [1.82, 2.24) is 0 Å². The third-order valence-electron chi connectivity index (χ3n) is 7.67. The molecule has 0 aromatic heterocycles. The van der Waals surface area contributed by atoms with Crippen molar-refractivity contribution in [2.24, 2.45) is 0 Å². The predicted molar refractivity (Wildman–Crippen MR) is 194 cm³/mol. The molecule has 0 fully saturated rings. The van der Waals surface area contributed by atoms with Crippen molar-refractivity contribution in [3.63, 3.8) is 0 Å². The number of hydrogen-bond acceptors (Lipinski definition) is 2. The molecule has 0 atom stereocenters. The van der Waals surface area contributed by atoms with E-state index in [9.17, 15) is 0 Å². The first kappa shape index (κ1) is 31.4. The van der Waals surface area contributed by atoms with Gasteiger partial charge in [0.2, 0.25) is 0 Å². The Balaban J connectivity index is 0.00000386. The van der Waals surface area contributed by atoms with E-state index in [1.165, 1.54) is 0 Å². The molecule has 0 N–H and O–H groups in total. The summed E-state index contributed by atoms with van der Waals surface area (Å²) in [6.07, 6.45) is 0. The van der Waals surface area contributed by atoms with E-state index in [-0.39, 0.29) is 21.1 Å². The van der Waals surface area contributed by atoms with Gasteiger partial charge in [-0.05, 0) is 60.7 Å². The summed E-state index contributed by atoms with van der Waals surface area (Å²) in [6, 6.07) is 66.2. The minimum absolute atomic E-state index is 0. The Hall–Kier alpha value is -5.57. The van der Waals surface area contributed by atoms with Crippen LogP contribution in [0.3, 0.4) is 0 Å². The molecule has 0 heterocycles. The summed E-state index contributed by atoms with van der Waals surface area (Å²) in [7, 11) is 0. The van der Waals surface area contributed by atoms with Crippen LogP contribution in [0.1, 0.15) is 0 Å². The standard InChI is InChI=1S/C42H32N4.Pt/c1-5-19-33(20-6-1)45(34-21-7-2-8-22-34)41-31-17-15-29-39(41)43-37-27-13-14-28-38(37)44-40-30-16-18-32-42(40)46(35-23-9-3-10-24-35)36-25-11-4-12-26-36;/h1-32H;/q-2;+4. The summed E-state index contributed by atoms with van der Waals surface area (Å²) >= 11 is 0. The first-order valence-corrected chi connectivity index (χ1v) is 15.4. The average molecular weight is 788 g/mol. The first-order chi connectivity index (χ1) is 22.8. The molecule has 7 aromatic carbocycles. The van der Waals surface area contributed by atoms with Crippen LogP contribution in [0.2, 0.25) is 0 Å². The van der Waals surface area contributed by atoms with E-state index in [0.29, 0.717) is 0 Å². The van der Waals surface area contributed by atoms with Crippen LogP contribution in [-0.4, -0.2) is 0 Å². The second-order valence-corrected chi connectivity index (χ2v) is 10.7. The molecule has 0 bridgehead atoms. The number of hydrogen-bond donors (Lipinski definition) is 0. The minimum Gasteiger partial charge on any atom is -0.657 e. The van der Waals surface area contributed by atoms with Gasteiger partial charge < -0.3 is 20.4 Å². The van der Waals surface area contributed by atoms with Crippen LogP contribution in [0, 0.1) is 0 Å². The Morgan fingerprint density at radius 3 is 0.787 bits per heavy atom. The van der Waals surface area contributed by atoms with Crippen LogP contribution in [0.4, 0.5) is 56.9 Å². The Labute approximate surface area is 291 Å². The number of anilines is 6. The average Bonchev–Trinajstić information content (AvgIpc) is 3.13. The van der Waals surface area contributed by atoms with Gasteiger partial charge in [-0.2, -0.15) is 11.4 Å². The summed E-state index contributed by atoms with van der Waals surface area (Å²) < 4.78 is 0. The summed E-state index contributed by atoms with van der Waals surface area (Å²) in [5.74, 6) is 0. The molecule has 5 heteroatoms. The van der Waals surface area contributed by atoms with E-state index in [2.05, 4.69) is 143 Å². The van der Waals surface area contributed by atoms with Gasteiger partial charge in [-0.25, -0.2) is 0 Å². The van der Waals surface area contributed by atoms with Crippen molar-refractivity contribution in [1.29, 1.82) is 0 Å². The molecule has 7 aromatic rings. The fraction of sp³-hybridized carbons (Fsp3) is 0. The van der Waals surface area contributed by atoms with Gasteiger partial charge in [0.15, 0.2) is 0 Å². The van der Waals surface area contributed by atoms with Crippen LogP contribution in [0.15, 0.2) is 194 Å². The SMILES string of the molecule is [Pt+4].c1ccc(N(c2ccccc2)c2ccccc2[N-]c2ccccc2[N-]c2ccccc2N(c2ccccc2)c2ccccc2)cc1. The van der Waals surface area contributed by atoms with Gasteiger partial charge in [0.05, 0.1) is 0 Å². The smallest absolute Gasteiger partial charge is 0.657 e. The summed E-state index contributed by atoms with van der Waals surface area (Å²) in [4.78, 5) is 4.48. The molecule has 4 nitrogen and oxygen atoms in total. The fourth-order valence-corrected chi connectivity index (χ4v) is 5.57. The van der Waals surface area contributed by atoms with Gasteiger partial charge in [0.1, 0.15) is 0 Å². The van der Waals surface area contributed by atoms with Crippen LogP contribution in [0.5, 0.6) is 0 Å². The number of para-hydroxylation sites is 10. The van der Waals surface area contributed by atoms with E-state index >= 15 is 0 Å². The van der Waals surface area contributed by atoms with Crippen molar-refractivity contribution >= 4 is 56.9 Å². The van der Waals surface area contributed by atoms with Crippen LogP contribution in [0.25, 0.3) is 10.6 Å². The van der Waals surface area contributed by atoms with E-state index in [0.717, 1.165) is 56.9 Å². The zero-order valence-corrected chi connectivity index (χ0v) is 27.9. The third-order valence-corrected chi connectivity index (χ3v) is 7.67. The van der Waals surface area contributed by atoms with Gasteiger partial charge in [-0.1, -0.05) is 133 Å². The minimum atomic E-state index is 0. The molecule has 0 aliphatic rings. The van der Waals surface area contributed by atoms with Gasteiger partial charge in [0.25, 0.3) is 0 Å². The molecule has 0 saturated heterocycles. The molecule has 0 aliphatic heterocycles. The van der Waals surface area contributed by atoms with Crippen molar-refractivity contribution in [2.45, 2.75) is 0 Å². The van der Waals surface area contributed by atoms with Gasteiger partial charge in [0, 0.05) is 34.1 Å². The topological polar surface area (TPSA) is 34.7 Å². The van der Waals surface area contributed by atoms with Gasteiger partial charge >= 0.3 is 21.1 Å². The van der Waals surface area contributed by atoms with Crippen molar-refractivity contribution in [2.75, 3.05) is 9.80 Å². The molecule has 0 radical (unpaired) electrons. The number of nitrogens with zero attached hydrogens (tertiary/aromatic N) is 4. The molecule has 7 rings (SSSR count). The van der Waals surface area contributed by atoms with E-state index < -0.39 is 0 Å². The molecule has 0 spiro atoms. The van der Waals surface area contributed by atoms with Gasteiger partial charge in [-0.3, -0.25) is 0 Å². The zero-order valence-electron chi connectivity index (χ0n) is 25.6. The Morgan fingerprint density at radius 1 is 0.255 bits per heavy atom. The third kappa shape index (κ3) is 7.14. The molecule has 228 valence electrons. The molecule has 0 saturated carbocycles. The van der Waals surface area contributed by atoms with Crippen molar-refractivity contribution in [3.05, 3.63) is 205 Å². The monoisotopic (exact) mass is 787 g/mol. The quantitative estimate of drug-likeness (QED) is 0.138. The summed E-state index contributed by atoms with van der Waals surface area (Å²) in [5.41, 5.74) is 9.48. The molecule has 0 amide bonds. The van der Waals surface area contributed by atoms with Crippen molar-refractivity contribution in [3.8, 4) is 0 Å². The Kier molecular flexibility index (Phi) is 10.1. The largest absolute Gasteiger partial charge is 4.00 e. The van der Waals surface area contributed by atoms with Crippen LogP contribution < -0.4 is 9.80 Å². The molecule has 47 heavy (non-hydrogen) atoms. The van der Waals surface area contributed by atoms with Gasteiger partial charge in [-0.15, -0.1) is 11.4 Å². The van der Waals surface area contributed by atoms with Crippen LogP contribution >= 0.6 is 0 Å². The van der Waals surface area contributed by atoms with E-state index in [4.69, 9.17) is 10.6 Å². The number of benzene rings is 7. The Morgan fingerprint density at radius 2 is 0.489 bits per heavy atom. The molecular formula is C42H32N4Pt+2. The molecule has 0 aliphatic carbocycles. The normalized spacial score (nSPS) is 10.4. The first-order valence-electron chi connectivity index (χ1n) is 15.4. The second kappa shape index (κ2) is 15.1. The van der Waals surface area contributed by atoms with Crippen molar-refractivity contribution < 1.29 is 21.1 Å². The fourth-order valence-electron chi connectivity index (χ4n) is 5.57. The zero-order chi connectivity index (χ0) is 31.0. The van der Waals surface area contributed by atoms with E-state index in [1.54, 1.807) is 0 Å². The predicted octanol–water partition coefficient (Wildman–Crippen LogP) is 13.3. The van der Waals surface area contributed by atoms with Crippen LogP contribution in [-0.2, 0) is 21.1 Å². The molecule has 0 unspecified atom stereocenters. The maximum atomic E-state index is 5.25. The molecular weight excluding hydrogens is 756 g/mol. The maximum absolute atomic E-state index is 5.25. The Bertz CT molecular complexity index is 1780. The summed E-state index contributed by atoms with van der Waals surface area (Å²) in [5, 5.41) is 10.5.